The Hall–Kier alpha value is -2.03. The van der Waals surface area contributed by atoms with E-state index in [1.54, 1.807) is 0 Å². The molecule has 2 heterocycles. The van der Waals surface area contributed by atoms with Crippen LogP contribution in [-0.2, 0) is 0 Å². The molecule has 92 valence electrons. The molecule has 3 rings (SSSR count). The maximum Gasteiger partial charge on any atom is 0.367 e. The van der Waals surface area contributed by atoms with E-state index in [0.29, 0.717) is 0 Å². The van der Waals surface area contributed by atoms with Crippen LogP contribution in [0.4, 0.5) is 0 Å². The van der Waals surface area contributed by atoms with E-state index >= 15 is 0 Å². The number of rotatable bonds is 0. The largest absolute Gasteiger partial charge is 0.452 e. The fourth-order valence-corrected chi connectivity index (χ4v) is 2.21. The second kappa shape index (κ2) is 3.73. The number of fused-ring (bicyclic) bond motifs is 3. The van der Waals surface area contributed by atoms with E-state index in [1.807, 2.05) is 31.7 Å². The number of aryl methyl sites for hydroxylation is 2. The highest BCUT2D eigenvalue weighted by molar-refractivity contribution is 6.05. The van der Waals surface area contributed by atoms with E-state index in [4.69, 9.17) is 8.83 Å². The monoisotopic (exact) mass is 242 g/mol. The molecule has 0 aliphatic rings. The summed E-state index contributed by atoms with van der Waals surface area (Å²) in [7, 11) is 3.94. The van der Waals surface area contributed by atoms with Crippen molar-refractivity contribution in [3.05, 3.63) is 41.1 Å². The Morgan fingerprint density at radius 1 is 0.944 bits per heavy atom. The molecule has 0 aliphatic carbocycles. The van der Waals surface area contributed by atoms with Crippen LogP contribution < -0.4 is 10.1 Å². The summed E-state index contributed by atoms with van der Waals surface area (Å²) in [5.41, 5.74) is 3.78. The number of hydrogen-bond donors (Lipinski definition) is 0. The minimum Gasteiger partial charge on any atom is -0.452 e. The van der Waals surface area contributed by atoms with Crippen molar-refractivity contribution in [2.75, 3.05) is 14.1 Å². The van der Waals surface area contributed by atoms with Crippen LogP contribution in [0.2, 0.25) is 0 Å². The zero-order valence-electron chi connectivity index (χ0n) is 11.1. The average molecular weight is 242 g/mol. The van der Waals surface area contributed by atoms with Crippen molar-refractivity contribution in [3.8, 4) is 0 Å². The van der Waals surface area contributed by atoms with Gasteiger partial charge in [-0.15, -0.1) is 0 Å². The van der Waals surface area contributed by atoms with Crippen LogP contribution >= 0.6 is 0 Å². The van der Waals surface area contributed by atoms with Gasteiger partial charge in [-0.1, -0.05) is 12.1 Å². The molecule has 2 aromatic heterocycles. The van der Waals surface area contributed by atoms with Gasteiger partial charge in [-0.2, -0.15) is 0 Å². The SMILES string of the molecule is Cc1ccc2c(c1)oc1c(C)oc(=[N+](C)C)cc12. The molecule has 18 heavy (non-hydrogen) atoms. The van der Waals surface area contributed by atoms with Gasteiger partial charge in [0.25, 0.3) is 0 Å². The van der Waals surface area contributed by atoms with Crippen LogP contribution in [0.15, 0.2) is 33.1 Å². The Kier molecular flexibility index (Phi) is 2.30. The lowest BCUT2D eigenvalue weighted by Gasteiger charge is -1.93. The molecule has 3 heteroatoms. The molecule has 0 bridgehead atoms. The Bertz CT molecular complexity index is 817. The molecular weight excluding hydrogens is 226 g/mol. The summed E-state index contributed by atoms with van der Waals surface area (Å²) in [6.07, 6.45) is 0. The maximum atomic E-state index is 5.89. The molecule has 0 amide bonds. The van der Waals surface area contributed by atoms with E-state index in [0.717, 1.165) is 33.3 Å². The molecule has 0 atom stereocenters. The van der Waals surface area contributed by atoms with Crippen molar-refractivity contribution < 1.29 is 8.83 Å². The molecule has 3 nitrogen and oxygen atoms in total. The number of nitrogens with zero attached hydrogens (tertiary/aromatic N) is 1. The first-order valence-corrected chi connectivity index (χ1v) is 6.00. The van der Waals surface area contributed by atoms with Crippen molar-refractivity contribution in [2.24, 2.45) is 0 Å². The van der Waals surface area contributed by atoms with Gasteiger partial charge in [-0.3, -0.25) is 0 Å². The predicted molar refractivity (Wildman–Crippen MR) is 72.6 cm³/mol. The highest BCUT2D eigenvalue weighted by Gasteiger charge is 2.12. The van der Waals surface area contributed by atoms with Gasteiger partial charge in [-0.25, -0.2) is 4.58 Å². The van der Waals surface area contributed by atoms with Crippen molar-refractivity contribution in [3.63, 3.8) is 0 Å². The summed E-state index contributed by atoms with van der Waals surface area (Å²) in [6.45, 7) is 4.00. The molecule has 0 saturated heterocycles. The third kappa shape index (κ3) is 1.55. The Morgan fingerprint density at radius 2 is 1.72 bits per heavy atom. The van der Waals surface area contributed by atoms with Gasteiger partial charge in [0.2, 0.25) is 0 Å². The van der Waals surface area contributed by atoms with Gasteiger partial charge in [-0.05, 0) is 25.5 Å². The van der Waals surface area contributed by atoms with E-state index in [1.165, 1.54) is 5.56 Å². The molecule has 0 N–H and O–H groups in total. The number of furan rings is 1. The van der Waals surface area contributed by atoms with Crippen LogP contribution in [0.25, 0.3) is 21.9 Å². The summed E-state index contributed by atoms with van der Waals surface area (Å²) < 4.78 is 13.6. The predicted octanol–water partition coefficient (Wildman–Crippen LogP) is 2.83. The quantitative estimate of drug-likeness (QED) is 0.567. The van der Waals surface area contributed by atoms with Crippen molar-refractivity contribution in [1.82, 2.24) is 4.58 Å². The van der Waals surface area contributed by atoms with Crippen molar-refractivity contribution in [2.45, 2.75) is 13.8 Å². The first-order chi connectivity index (χ1) is 8.56. The van der Waals surface area contributed by atoms with Gasteiger partial charge >= 0.3 is 5.55 Å². The third-order valence-corrected chi connectivity index (χ3v) is 3.17. The fourth-order valence-electron chi connectivity index (χ4n) is 2.21. The molecular formula is C15H16NO2+. The first kappa shape index (κ1) is 11.1. The first-order valence-electron chi connectivity index (χ1n) is 6.00. The molecule has 0 unspecified atom stereocenters. The van der Waals surface area contributed by atoms with Crippen molar-refractivity contribution in [1.29, 1.82) is 0 Å². The van der Waals surface area contributed by atoms with Gasteiger partial charge in [0.15, 0.2) is 11.3 Å². The van der Waals surface area contributed by atoms with E-state index in [9.17, 15) is 0 Å². The molecule has 0 aliphatic heterocycles. The standard InChI is InChI=1S/C15H16NO2/c1-9-5-6-11-12-8-14(16(3)4)17-10(2)15(12)18-13(11)7-9/h5-8H,1-4H3/q+1. The van der Waals surface area contributed by atoms with Crippen LogP contribution in [0.5, 0.6) is 0 Å². The summed E-state index contributed by atoms with van der Waals surface area (Å²) in [6, 6.07) is 8.30. The highest BCUT2D eigenvalue weighted by atomic mass is 16.4. The lowest BCUT2D eigenvalue weighted by Crippen LogP contribution is -2.21. The Morgan fingerprint density at radius 3 is 2.44 bits per heavy atom. The maximum absolute atomic E-state index is 5.89. The van der Waals surface area contributed by atoms with Crippen LogP contribution in [0.3, 0.4) is 0 Å². The summed E-state index contributed by atoms with van der Waals surface area (Å²) in [5.74, 6) is 0.810. The minimum absolute atomic E-state index is 0.810. The third-order valence-electron chi connectivity index (χ3n) is 3.17. The van der Waals surface area contributed by atoms with E-state index in [-0.39, 0.29) is 0 Å². The minimum atomic E-state index is 0.810. The van der Waals surface area contributed by atoms with Gasteiger partial charge in [0.1, 0.15) is 19.7 Å². The zero-order chi connectivity index (χ0) is 12.9. The number of benzene rings is 1. The van der Waals surface area contributed by atoms with Crippen molar-refractivity contribution >= 4 is 21.9 Å². The van der Waals surface area contributed by atoms with Crippen LogP contribution in [0.1, 0.15) is 11.3 Å². The number of hydrogen-bond acceptors (Lipinski definition) is 2. The van der Waals surface area contributed by atoms with Gasteiger partial charge in [0.05, 0.1) is 6.07 Å². The fraction of sp³-hybridized carbons (Fsp3) is 0.267. The molecule has 1 aromatic carbocycles. The summed E-state index contributed by atoms with van der Waals surface area (Å²) >= 11 is 0. The second-order valence-corrected chi connectivity index (χ2v) is 4.88. The smallest absolute Gasteiger partial charge is 0.367 e. The molecule has 0 fully saturated rings. The lowest BCUT2D eigenvalue weighted by atomic mass is 10.1. The Balaban J connectivity index is 2.56. The molecule has 0 spiro atoms. The van der Waals surface area contributed by atoms with E-state index in [2.05, 4.69) is 25.1 Å². The molecule has 0 radical (unpaired) electrons. The topological polar surface area (TPSA) is 29.3 Å². The highest BCUT2D eigenvalue weighted by Crippen LogP contribution is 2.29. The van der Waals surface area contributed by atoms with Crippen LogP contribution in [0, 0.1) is 13.8 Å². The lowest BCUT2D eigenvalue weighted by molar-refractivity contribution is 0.429. The van der Waals surface area contributed by atoms with Crippen LogP contribution in [-0.4, -0.2) is 14.1 Å². The van der Waals surface area contributed by atoms with Gasteiger partial charge in [0, 0.05) is 10.8 Å². The zero-order valence-corrected chi connectivity index (χ0v) is 11.1. The second-order valence-electron chi connectivity index (χ2n) is 4.88. The normalized spacial score (nSPS) is 11.3. The molecule has 3 aromatic rings. The van der Waals surface area contributed by atoms with Gasteiger partial charge < -0.3 is 8.83 Å². The summed E-state index contributed by atoms with van der Waals surface area (Å²) in [4.78, 5) is 0. The molecule has 0 saturated carbocycles. The Labute approximate surface area is 105 Å². The average Bonchev–Trinajstić information content (AvgIpc) is 2.67. The van der Waals surface area contributed by atoms with E-state index < -0.39 is 0 Å². The summed E-state index contributed by atoms with van der Waals surface area (Å²) in [5, 5.41) is 2.25.